The third-order valence-electron chi connectivity index (χ3n) is 4.15. The van der Waals surface area contributed by atoms with Crippen molar-refractivity contribution >= 4 is 0 Å². The Morgan fingerprint density at radius 3 is 2.57 bits per heavy atom. The van der Waals surface area contributed by atoms with Gasteiger partial charge in [-0.15, -0.1) is 0 Å². The first-order valence-corrected chi connectivity index (χ1v) is 7.94. The first-order valence-electron chi connectivity index (χ1n) is 7.94. The third kappa shape index (κ3) is 5.16. The monoisotopic (exact) mass is 326 g/mol. The van der Waals surface area contributed by atoms with Crippen molar-refractivity contribution in [3.8, 4) is 5.75 Å². The lowest BCUT2D eigenvalue weighted by molar-refractivity contribution is -0.229. The van der Waals surface area contributed by atoms with Crippen molar-refractivity contribution in [1.29, 1.82) is 0 Å². The first-order chi connectivity index (χ1) is 11.0. The van der Waals surface area contributed by atoms with Gasteiger partial charge in [0.05, 0.1) is 18.8 Å². The van der Waals surface area contributed by atoms with Gasteiger partial charge in [0.2, 0.25) is 6.29 Å². The smallest absolute Gasteiger partial charge is 0.202 e. The summed E-state index contributed by atoms with van der Waals surface area (Å²) in [5, 5.41) is 28.6. The summed E-state index contributed by atoms with van der Waals surface area (Å²) in [6.07, 6.45) is -1.33. The zero-order valence-electron chi connectivity index (χ0n) is 13.6. The molecule has 1 saturated heterocycles. The minimum Gasteiger partial charge on any atom is -0.465 e. The van der Waals surface area contributed by atoms with Crippen molar-refractivity contribution in [2.75, 3.05) is 13.7 Å². The number of ether oxygens (including phenoxy) is 3. The van der Waals surface area contributed by atoms with E-state index in [1.165, 1.54) is 5.56 Å². The molecule has 23 heavy (non-hydrogen) atoms. The molecule has 1 aromatic rings. The van der Waals surface area contributed by atoms with Crippen LogP contribution in [0.15, 0.2) is 24.3 Å². The molecule has 6 heteroatoms. The zero-order chi connectivity index (χ0) is 16.8. The van der Waals surface area contributed by atoms with Crippen molar-refractivity contribution in [1.82, 2.24) is 0 Å². The van der Waals surface area contributed by atoms with Crippen LogP contribution in [0.4, 0.5) is 0 Å². The predicted octanol–water partition coefficient (Wildman–Crippen LogP) is 0.862. The molecule has 0 aliphatic carbocycles. The van der Waals surface area contributed by atoms with Crippen LogP contribution in [0.2, 0.25) is 0 Å². The van der Waals surface area contributed by atoms with Gasteiger partial charge in [0.1, 0.15) is 18.0 Å². The number of benzene rings is 1. The van der Waals surface area contributed by atoms with Crippen molar-refractivity contribution in [2.24, 2.45) is 0 Å². The van der Waals surface area contributed by atoms with E-state index in [0.29, 0.717) is 5.75 Å². The highest BCUT2D eigenvalue weighted by molar-refractivity contribution is 5.27. The van der Waals surface area contributed by atoms with Gasteiger partial charge in [0.15, 0.2) is 0 Å². The zero-order valence-corrected chi connectivity index (χ0v) is 13.6. The van der Waals surface area contributed by atoms with E-state index < -0.39 is 24.6 Å². The van der Waals surface area contributed by atoms with E-state index in [4.69, 9.17) is 19.3 Å². The van der Waals surface area contributed by atoms with E-state index in [-0.39, 0.29) is 19.1 Å². The Bertz CT molecular complexity index is 463. The van der Waals surface area contributed by atoms with Crippen LogP contribution in [0.1, 0.15) is 25.3 Å². The van der Waals surface area contributed by atoms with Gasteiger partial charge in [0.25, 0.3) is 0 Å². The first kappa shape index (κ1) is 18.2. The minimum atomic E-state index is -1.09. The minimum absolute atomic E-state index is 0.158. The molecule has 3 N–H and O–H groups in total. The van der Waals surface area contributed by atoms with Crippen LogP contribution in [-0.2, 0) is 15.9 Å². The van der Waals surface area contributed by atoms with Gasteiger partial charge in [-0.2, -0.15) is 0 Å². The molecule has 0 spiro atoms. The highest BCUT2D eigenvalue weighted by atomic mass is 16.7. The van der Waals surface area contributed by atoms with Crippen LogP contribution in [0.25, 0.3) is 0 Å². The molecule has 0 aromatic heterocycles. The quantitative estimate of drug-likeness (QED) is 0.689. The summed E-state index contributed by atoms with van der Waals surface area (Å²) >= 11 is 0. The van der Waals surface area contributed by atoms with Gasteiger partial charge in [-0.25, -0.2) is 0 Å². The lowest BCUT2D eigenvalue weighted by Crippen LogP contribution is -2.51. The fourth-order valence-electron chi connectivity index (χ4n) is 2.52. The molecule has 5 unspecified atom stereocenters. The fourth-order valence-corrected chi connectivity index (χ4v) is 2.52. The number of rotatable bonds is 7. The molecule has 2 rings (SSSR count). The molecule has 1 aliphatic rings. The largest absolute Gasteiger partial charge is 0.465 e. The van der Waals surface area contributed by atoms with Gasteiger partial charge < -0.3 is 29.5 Å². The van der Waals surface area contributed by atoms with E-state index >= 15 is 0 Å². The molecule has 0 amide bonds. The summed E-state index contributed by atoms with van der Waals surface area (Å²) < 4.78 is 16.4. The number of aliphatic hydroxyl groups is 3. The Morgan fingerprint density at radius 2 is 1.96 bits per heavy atom. The Morgan fingerprint density at radius 1 is 1.26 bits per heavy atom. The normalized spacial score (nSPS) is 29.3. The van der Waals surface area contributed by atoms with Crippen molar-refractivity contribution in [3.63, 3.8) is 0 Å². The van der Waals surface area contributed by atoms with Crippen LogP contribution in [0, 0.1) is 0 Å². The van der Waals surface area contributed by atoms with E-state index in [1.807, 2.05) is 31.2 Å². The SMILES string of the molecule is COC(C)CCc1ccc(OC2CC(O)C(O)C(CO)O2)cc1. The topological polar surface area (TPSA) is 88.4 Å². The third-order valence-corrected chi connectivity index (χ3v) is 4.15. The standard InChI is InChI=1S/C17H26O6/c1-11(21-2)3-4-12-5-7-13(8-6-12)22-16-9-14(19)17(20)15(10-18)23-16/h5-8,11,14-20H,3-4,9-10H2,1-2H3. The number of hydrogen-bond donors (Lipinski definition) is 3. The van der Waals surface area contributed by atoms with E-state index in [9.17, 15) is 10.2 Å². The van der Waals surface area contributed by atoms with Crippen LogP contribution in [0.3, 0.4) is 0 Å². The molecule has 1 fully saturated rings. The average molecular weight is 326 g/mol. The molecule has 130 valence electrons. The summed E-state index contributed by atoms with van der Waals surface area (Å²) in [4.78, 5) is 0. The van der Waals surface area contributed by atoms with Crippen molar-refractivity contribution in [3.05, 3.63) is 29.8 Å². The predicted molar refractivity (Wildman–Crippen MR) is 84.2 cm³/mol. The van der Waals surface area contributed by atoms with Gasteiger partial charge in [-0.3, -0.25) is 0 Å². The van der Waals surface area contributed by atoms with Gasteiger partial charge in [0, 0.05) is 13.5 Å². The summed E-state index contributed by atoms with van der Waals surface area (Å²) in [6, 6.07) is 7.66. The number of hydrogen-bond acceptors (Lipinski definition) is 6. The lowest BCUT2D eigenvalue weighted by atomic mass is 10.0. The number of aryl methyl sites for hydroxylation is 1. The number of aliphatic hydroxyl groups excluding tert-OH is 3. The fraction of sp³-hybridized carbons (Fsp3) is 0.647. The molecule has 5 atom stereocenters. The van der Waals surface area contributed by atoms with Crippen LogP contribution in [-0.4, -0.2) is 59.7 Å². The molecule has 0 saturated carbocycles. The Kier molecular flexibility index (Phi) is 6.80. The molecule has 0 radical (unpaired) electrons. The maximum absolute atomic E-state index is 9.78. The average Bonchev–Trinajstić information content (AvgIpc) is 2.57. The van der Waals surface area contributed by atoms with Gasteiger partial charge in [-0.05, 0) is 37.5 Å². The molecule has 6 nitrogen and oxygen atoms in total. The van der Waals surface area contributed by atoms with E-state index in [0.717, 1.165) is 12.8 Å². The summed E-state index contributed by atoms with van der Waals surface area (Å²) in [5.74, 6) is 0.624. The van der Waals surface area contributed by atoms with Crippen LogP contribution < -0.4 is 4.74 Å². The molecular formula is C17H26O6. The highest BCUT2D eigenvalue weighted by Gasteiger charge is 2.37. The van der Waals surface area contributed by atoms with Crippen molar-refractivity contribution < 1.29 is 29.5 Å². The molecule has 1 aliphatic heterocycles. The van der Waals surface area contributed by atoms with Crippen LogP contribution >= 0.6 is 0 Å². The second-order valence-corrected chi connectivity index (χ2v) is 5.93. The second kappa shape index (κ2) is 8.61. The maximum Gasteiger partial charge on any atom is 0.202 e. The van der Waals surface area contributed by atoms with E-state index in [1.54, 1.807) is 7.11 Å². The molecular weight excluding hydrogens is 300 g/mol. The Balaban J connectivity index is 1.88. The van der Waals surface area contributed by atoms with Crippen molar-refractivity contribution in [2.45, 2.75) is 56.9 Å². The highest BCUT2D eigenvalue weighted by Crippen LogP contribution is 2.24. The number of methoxy groups -OCH3 is 1. The van der Waals surface area contributed by atoms with Gasteiger partial charge >= 0.3 is 0 Å². The summed E-state index contributed by atoms with van der Waals surface area (Å²) in [5.41, 5.74) is 1.19. The lowest BCUT2D eigenvalue weighted by Gasteiger charge is -2.36. The Hall–Kier alpha value is -1.18. The maximum atomic E-state index is 9.78. The van der Waals surface area contributed by atoms with Gasteiger partial charge in [-0.1, -0.05) is 12.1 Å². The summed E-state index contributed by atoms with van der Waals surface area (Å²) in [6.45, 7) is 1.67. The van der Waals surface area contributed by atoms with E-state index in [2.05, 4.69) is 0 Å². The van der Waals surface area contributed by atoms with Crippen LogP contribution in [0.5, 0.6) is 5.75 Å². The molecule has 1 aromatic carbocycles. The summed E-state index contributed by atoms with van der Waals surface area (Å²) in [7, 11) is 1.71. The molecule has 0 bridgehead atoms. The molecule has 1 heterocycles. The Labute approximate surface area is 136 Å². The second-order valence-electron chi connectivity index (χ2n) is 5.93.